The van der Waals surface area contributed by atoms with Gasteiger partial charge in [-0.2, -0.15) is 5.10 Å². The molecule has 1 heterocycles. The minimum absolute atomic E-state index is 0.303. The molecule has 0 spiro atoms. The molecule has 0 unspecified atom stereocenters. The maximum Gasteiger partial charge on any atom is 0.165 e. The van der Waals surface area contributed by atoms with Crippen LogP contribution in [0.2, 0.25) is 5.02 Å². The minimum atomic E-state index is 0.303. The van der Waals surface area contributed by atoms with E-state index < -0.39 is 0 Å². The number of nitrogens with zero attached hydrogens (tertiary/aromatic N) is 2. The Bertz CT molecular complexity index is 537. The largest absolute Gasteiger partial charge is 0.452 e. The van der Waals surface area contributed by atoms with Crippen LogP contribution in [-0.4, -0.2) is 9.78 Å². The number of benzene rings is 1. The fourth-order valence-corrected chi connectivity index (χ4v) is 1.78. The van der Waals surface area contributed by atoms with Gasteiger partial charge in [0.25, 0.3) is 0 Å². The van der Waals surface area contributed by atoms with Gasteiger partial charge in [-0.3, -0.25) is 4.68 Å². The van der Waals surface area contributed by atoms with Gasteiger partial charge in [-0.1, -0.05) is 17.7 Å². The normalized spacial score (nSPS) is 10.9. The monoisotopic (exact) mass is 265 g/mol. The van der Waals surface area contributed by atoms with Gasteiger partial charge in [0.1, 0.15) is 5.75 Å². The maximum atomic E-state index is 6.12. The van der Waals surface area contributed by atoms with Crippen LogP contribution >= 0.6 is 11.6 Å². The molecule has 5 heteroatoms. The highest BCUT2D eigenvalue weighted by Crippen LogP contribution is 2.30. The van der Waals surface area contributed by atoms with Crippen LogP contribution < -0.4 is 10.5 Å². The molecular weight excluding hydrogens is 250 g/mol. The molecule has 1 aromatic heterocycles. The fraction of sp³-hybridized carbons (Fsp3) is 0.308. The van der Waals surface area contributed by atoms with E-state index in [1.807, 2.05) is 29.1 Å². The molecule has 0 radical (unpaired) electrons. The second kappa shape index (κ2) is 5.42. The predicted molar refractivity (Wildman–Crippen MR) is 72.0 cm³/mol. The highest BCUT2D eigenvalue weighted by molar-refractivity contribution is 6.32. The first-order valence-electron chi connectivity index (χ1n) is 5.80. The molecule has 0 bridgehead atoms. The van der Waals surface area contributed by atoms with Gasteiger partial charge in [0, 0.05) is 12.6 Å². The Morgan fingerprint density at radius 2 is 2.22 bits per heavy atom. The lowest BCUT2D eigenvalue weighted by Crippen LogP contribution is -1.99. The van der Waals surface area contributed by atoms with Crippen molar-refractivity contribution in [1.82, 2.24) is 9.78 Å². The molecule has 18 heavy (non-hydrogen) atoms. The third kappa shape index (κ3) is 2.83. The SMILES string of the molecule is CC(C)n1cc(Oc2ccc(CN)cc2Cl)cn1. The minimum Gasteiger partial charge on any atom is -0.452 e. The van der Waals surface area contributed by atoms with E-state index in [0.717, 1.165) is 5.56 Å². The van der Waals surface area contributed by atoms with Crippen molar-refractivity contribution in [2.24, 2.45) is 5.73 Å². The molecule has 0 amide bonds. The Balaban J connectivity index is 2.17. The zero-order valence-electron chi connectivity index (χ0n) is 10.4. The van der Waals surface area contributed by atoms with Gasteiger partial charge in [0.2, 0.25) is 0 Å². The molecule has 4 nitrogen and oxygen atoms in total. The predicted octanol–water partition coefficient (Wildman–Crippen LogP) is 3.37. The second-order valence-corrected chi connectivity index (χ2v) is 4.73. The number of hydrogen-bond acceptors (Lipinski definition) is 3. The van der Waals surface area contributed by atoms with E-state index in [1.54, 1.807) is 6.20 Å². The van der Waals surface area contributed by atoms with E-state index in [-0.39, 0.29) is 0 Å². The number of aromatic nitrogens is 2. The number of ether oxygens (including phenoxy) is 1. The summed E-state index contributed by atoms with van der Waals surface area (Å²) in [4.78, 5) is 0. The molecule has 2 N–H and O–H groups in total. The lowest BCUT2D eigenvalue weighted by molar-refractivity contribution is 0.477. The number of halogens is 1. The summed E-state index contributed by atoms with van der Waals surface area (Å²) in [7, 11) is 0. The average molecular weight is 266 g/mol. The van der Waals surface area contributed by atoms with Crippen LogP contribution in [0.25, 0.3) is 0 Å². The summed E-state index contributed by atoms with van der Waals surface area (Å²) in [6.45, 7) is 4.57. The van der Waals surface area contributed by atoms with Gasteiger partial charge < -0.3 is 10.5 Å². The van der Waals surface area contributed by atoms with Crippen LogP contribution in [-0.2, 0) is 6.54 Å². The van der Waals surface area contributed by atoms with Crippen molar-refractivity contribution < 1.29 is 4.74 Å². The van der Waals surface area contributed by atoms with Crippen molar-refractivity contribution in [3.8, 4) is 11.5 Å². The maximum absolute atomic E-state index is 6.12. The molecule has 0 saturated carbocycles. The first kappa shape index (κ1) is 12.9. The summed E-state index contributed by atoms with van der Waals surface area (Å²) in [6, 6.07) is 5.83. The molecule has 0 aliphatic rings. The number of hydrogen-bond donors (Lipinski definition) is 1. The van der Waals surface area contributed by atoms with Gasteiger partial charge in [0.05, 0.1) is 17.4 Å². The van der Waals surface area contributed by atoms with Crippen LogP contribution in [0.1, 0.15) is 25.5 Å². The molecule has 0 aliphatic heterocycles. The Morgan fingerprint density at radius 3 is 2.78 bits per heavy atom. The standard InChI is InChI=1S/C13H16ClN3O/c1-9(2)17-8-11(7-16-17)18-13-4-3-10(6-15)5-12(13)14/h3-5,7-9H,6,15H2,1-2H3. The van der Waals surface area contributed by atoms with Crippen molar-refractivity contribution >= 4 is 11.6 Å². The van der Waals surface area contributed by atoms with E-state index in [9.17, 15) is 0 Å². The number of nitrogens with two attached hydrogens (primary N) is 1. The van der Waals surface area contributed by atoms with Crippen LogP contribution in [0.3, 0.4) is 0 Å². The topological polar surface area (TPSA) is 53.1 Å². The van der Waals surface area contributed by atoms with Gasteiger partial charge in [-0.15, -0.1) is 0 Å². The van der Waals surface area contributed by atoms with Crippen molar-refractivity contribution in [2.45, 2.75) is 26.4 Å². The Kier molecular flexibility index (Phi) is 3.89. The molecule has 96 valence electrons. The first-order valence-corrected chi connectivity index (χ1v) is 6.18. The molecule has 0 saturated heterocycles. The van der Waals surface area contributed by atoms with Crippen molar-refractivity contribution in [3.63, 3.8) is 0 Å². The quantitative estimate of drug-likeness (QED) is 0.922. The first-order chi connectivity index (χ1) is 8.60. The summed E-state index contributed by atoms with van der Waals surface area (Å²) in [5.74, 6) is 1.28. The van der Waals surface area contributed by atoms with Crippen molar-refractivity contribution in [3.05, 3.63) is 41.2 Å². The summed E-state index contributed by atoms with van der Waals surface area (Å²) < 4.78 is 7.51. The lowest BCUT2D eigenvalue weighted by atomic mass is 10.2. The van der Waals surface area contributed by atoms with E-state index in [0.29, 0.717) is 29.1 Å². The molecule has 0 aliphatic carbocycles. The smallest absolute Gasteiger partial charge is 0.165 e. The molecular formula is C13H16ClN3O. The van der Waals surface area contributed by atoms with E-state index in [2.05, 4.69) is 18.9 Å². The highest BCUT2D eigenvalue weighted by atomic mass is 35.5. The summed E-state index contributed by atoms with van der Waals surface area (Å²) in [5.41, 5.74) is 6.52. The molecule has 0 fully saturated rings. The number of rotatable bonds is 4. The van der Waals surface area contributed by atoms with Crippen molar-refractivity contribution in [2.75, 3.05) is 0 Å². The molecule has 2 aromatic rings. The Hall–Kier alpha value is -1.52. The van der Waals surface area contributed by atoms with Crippen LogP contribution in [0.5, 0.6) is 11.5 Å². The van der Waals surface area contributed by atoms with Crippen molar-refractivity contribution in [1.29, 1.82) is 0 Å². The fourth-order valence-electron chi connectivity index (χ4n) is 1.54. The van der Waals surface area contributed by atoms with Gasteiger partial charge >= 0.3 is 0 Å². The summed E-state index contributed by atoms with van der Waals surface area (Å²) in [5, 5.41) is 4.75. The molecule has 0 atom stereocenters. The van der Waals surface area contributed by atoms with E-state index in [1.165, 1.54) is 0 Å². The summed E-state index contributed by atoms with van der Waals surface area (Å²) in [6.07, 6.45) is 3.52. The zero-order chi connectivity index (χ0) is 13.1. The second-order valence-electron chi connectivity index (χ2n) is 4.32. The molecule has 1 aromatic carbocycles. The highest BCUT2D eigenvalue weighted by Gasteiger charge is 2.07. The third-order valence-electron chi connectivity index (χ3n) is 2.57. The van der Waals surface area contributed by atoms with Gasteiger partial charge in [0.15, 0.2) is 5.75 Å². The summed E-state index contributed by atoms with van der Waals surface area (Å²) >= 11 is 6.12. The van der Waals surface area contributed by atoms with Crippen LogP contribution in [0, 0.1) is 0 Å². The Morgan fingerprint density at radius 1 is 1.44 bits per heavy atom. The van der Waals surface area contributed by atoms with Gasteiger partial charge in [-0.25, -0.2) is 0 Å². The van der Waals surface area contributed by atoms with E-state index >= 15 is 0 Å². The lowest BCUT2D eigenvalue weighted by Gasteiger charge is -2.07. The van der Waals surface area contributed by atoms with Gasteiger partial charge in [-0.05, 0) is 31.5 Å². The average Bonchev–Trinajstić information content (AvgIpc) is 2.80. The van der Waals surface area contributed by atoms with Crippen LogP contribution in [0.4, 0.5) is 0 Å². The van der Waals surface area contributed by atoms with Crippen LogP contribution in [0.15, 0.2) is 30.6 Å². The van der Waals surface area contributed by atoms with E-state index in [4.69, 9.17) is 22.1 Å². The Labute approximate surface area is 111 Å². The molecule has 2 rings (SSSR count). The third-order valence-corrected chi connectivity index (χ3v) is 2.86. The zero-order valence-corrected chi connectivity index (χ0v) is 11.2.